The van der Waals surface area contributed by atoms with Crippen LogP contribution in [0.3, 0.4) is 0 Å². The molecule has 0 aliphatic carbocycles. The van der Waals surface area contributed by atoms with Gasteiger partial charge in [0.1, 0.15) is 0 Å². The molecule has 4 nitrogen and oxygen atoms in total. The van der Waals surface area contributed by atoms with Gasteiger partial charge in [-0.3, -0.25) is 0 Å². The lowest BCUT2D eigenvalue weighted by Crippen LogP contribution is -2.10. The zero-order chi connectivity index (χ0) is 17.9. The Labute approximate surface area is 149 Å². The van der Waals surface area contributed by atoms with E-state index < -0.39 is 0 Å². The topological polar surface area (TPSA) is 36.9 Å². The standard InChI is InChI=1S/C20H40O4/c1-5-9-10-11-12-13-17-21-18-24-20(23-16-8-4)19(14-6-2)22-15-7-3/h5-18H2,1-4H3. The maximum atomic E-state index is 5.80. The second-order valence-electron chi connectivity index (χ2n) is 6.10. The minimum Gasteiger partial charge on any atom is -0.491 e. The average molecular weight is 345 g/mol. The Bertz CT molecular complexity index is 289. The fourth-order valence-corrected chi connectivity index (χ4v) is 2.22. The van der Waals surface area contributed by atoms with E-state index in [0.717, 1.165) is 44.5 Å². The molecule has 0 aromatic carbocycles. The monoisotopic (exact) mass is 344 g/mol. The Balaban J connectivity index is 4.11. The Kier molecular flexibility index (Phi) is 17.7. The van der Waals surface area contributed by atoms with E-state index >= 15 is 0 Å². The lowest BCUT2D eigenvalue weighted by Gasteiger charge is -2.17. The molecule has 0 radical (unpaired) electrons. The van der Waals surface area contributed by atoms with Crippen LogP contribution in [0.1, 0.15) is 91.9 Å². The van der Waals surface area contributed by atoms with Crippen molar-refractivity contribution in [1.29, 1.82) is 0 Å². The summed E-state index contributed by atoms with van der Waals surface area (Å²) in [6.45, 7) is 10.8. The lowest BCUT2D eigenvalue weighted by atomic mass is 10.1. The van der Waals surface area contributed by atoms with Crippen LogP contribution in [0.4, 0.5) is 0 Å². The molecule has 0 spiro atoms. The van der Waals surface area contributed by atoms with Crippen LogP contribution < -0.4 is 0 Å². The van der Waals surface area contributed by atoms with Crippen molar-refractivity contribution in [2.45, 2.75) is 91.9 Å². The highest BCUT2D eigenvalue weighted by molar-refractivity contribution is 4.95. The maximum absolute atomic E-state index is 5.80. The van der Waals surface area contributed by atoms with Crippen molar-refractivity contribution in [1.82, 2.24) is 0 Å². The Morgan fingerprint density at radius 2 is 1.25 bits per heavy atom. The number of hydrogen-bond acceptors (Lipinski definition) is 4. The minimum absolute atomic E-state index is 0.233. The summed E-state index contributed by atoms with van der Waals surface area (Å²) in [4.78, 5) is 0. The predicted molar refractivity (Wildman–Crippen MR) is 99.7 cm³/mol. The fourth-order valence-electron chi connectivity index (χ4n) is 2.22. The number of ether oxygens (including phenoxy) is 4. The third-order valence-electron chi connectivity index (χ3n) is 3.54. The third-order valence-corrected chi connectivity index (χ3v) is 3.54. The highest BCUT2D eigenvalue weighted by Crippen LogP contribution is 2.16. The van der Waals surface area contributed by atoms with E-state index in [1.165, 1.54) is 32.1 Å². The first-order valence-corrected chi connectivity index (χ1v) is 9.99. The Morgan fingerprint density at radius 3 is 1.92 bits per heavy atom. The third kappa shape index (κ3) is 13.5. The van der Waals surface area contributed by atoms with Gasteiger partial charge in [-0.05, 0) is 25.7 Å². The molecular weight excluding hydrogens is 304 g/mol. The highest BCUT2D eigenvalue weighted by Gasteiger charge is 2.11. The Morgan fingerprint density at radius 1 is 0.583 bits per heavy atom. The summed E-state index contributed by atoms with van der Waals surface area (Å²) in [5, 5.41) is 0. The van der Waals surface area contributed by atoms with Gasteiger partial charge in [0.15, 0.2) is 12.6 Å². The van der Waals surface area contributed by atoms with E-state index in [4.69, 9.17) is 18.9 Å². The van der Waals surface area contributed by atoms with Crippen LogP contribution in [0.2, 0.25) is 0 Å². The first kappa shape index (κ1) is 23.1. The molecule has 0 N–H and O–H groups in total. The van der Waals surface area contributed by atoms with E-state index in [-0.39, 0.29) is 6.79 Å². The molecular formula is C20H40O4. The quantitative estimate of drug-likeness (QED) is 0.169. The van der Waals surface area contributed by atoms with E-state index in [0.29, 0.717) is 19.2 Å². The molecule has 0 amide bonds. The minimum atomic E-state index is 0.233. The predicted octanol–water partition coefficient (Wildman–Crippen LogP) is 6.16. The van der Waals surface area contributed by atoms with E-state index in [1.807, 2.05) is 0 Å². The summed E-state index contributed by atoms with van der Waals surface area (Å²) in [7, 11) is 0. The molecule has 0 saturated heterocycles. The summed E-state index contributed by atoms with van der Waals surface area (Å²) in [5.41, 5.74) is 0. The second kappa shape index (κ2) is 18.4. The van der Waals surface area contributed by atoms with Crippen molar-refractivity contribution in [3.8, 4) is 0 Å². The molecule has 0 unspecified atom stereocenters. The van der Waals surface area contributed by atoms with Gasteiger partial charge in [0.25, 0.3) is 0 Å². The smallest absolute Gasteiger partial charge is 0.321 e. The first-order chi connectivity index (χ1) is 11.8. The van der Waals surface area contributed by atoms with Gasteiger partial charge in [-0.1, -0.05) is 59.8 Å². The largest absolute Gasteiger partial charge is 0.491 e. The van der Waals surface area contributed by atoms with Crippen LogP contribution in [-0.4, -0.2) is 26.6 Å². The molecule has 0 aliphatic rings. The van der Waals surface area contributed by atoms with E-state index in [2.05, 4.69) is 27.7 Å². The van der Waals surface area contributed by atoms with E-state index in [1.54, 1.807) is 0 Å². The van der Waals surface area contributed by atoms with Crippen LogP contribution in [0, 0.1) is 0 Å². The molecule has 0 rings (SSSR count). The highest BCUT2D eigenvalue weighted by atomic mass is 16.7. The van der Waals surface area contributed by atoms with Gasteiger partial charge in [0.05, 0.1) is 19.8 Å². The molecule has 0 bridgehead atoms. The number of unbranched alkanes of at least 4 members (excludes halogenated alkanes) is 5. The zero-order valence-corrected chi connectivity index (χ0v) is 16.5. The van der Waals surface area contributed by atoms with E-state index in [9.17, 15) is 0 Å². The molecule has 0 aromatic rings. The molecule has 0 atom stereocenters. The van der Waals surface area contributed by atoms with Crippen LogP contribution in [0.5, 0.6) is 0 Å². The van der Waals surface area contributed by atoms with Gasteiger partial charge in [-0.15, -0.1) is 0 Å². The first-order valence-electron chi connectivity index (χ1n) is 9.99. The average Bonchev–Trinajstić information content (AvgIpc) is 2.60. The molecule has 24 heavy (non-hydrogen) atoms. The normalized spacial score (nSPS) is 12.0. The van der Waals surface area contributed by atoms with Crippen molar-refractivity contribution in [2.24, 2.45) is 0 Å². The van der Waals surface area contributed by atoms with Crippen molar-refractivity contribution in [3.05, 3.63) is 11.7 Å². The van der Waals surface area contributed by atoms with Crippen molar-refractivity contribution in [2.75, 3.05) is 26.6 Å². The molecule has 0 fully saturated rings. The molecule has 144 valence electrons. The number of hydrogen-bond donors (Lipinski definition) is 0. The Hall–Kier alpha value is -0.900. The molecule has 0 heterocycles. The summed E-state index contributed by atoms with van der Waals surface area (Å²) >= 11 is 0. The van der Waals surface area contributed by atoms with Gasteiger partial charge in [-0.2, -0.15) is 0 Å². The van der Waals surface area contributed by atoms with Crippen LogP contribution in [0.15, 0.2) is 11.7 Å². The second-order valence-corrected chi connectivity index (χ2v) is 6.10. The molecule has 0 aliphatic heterocycles. The lowest BCUT2D eigenvalue weighted by molar-refractivity contribution is -0.0840. The van der Waals surface area contributed by atoms with Crippen LogP contribution in [-0.2, 0) is 18.9 Å². The summed E-state index contributed by atoms with van der Waals surface area (Å²) < 4.78 is 22.8. The summed E-state index contributed by atoms with van der Waals surface area (Å²) in [5.74, 6) is 1.33. The number of allylic oxidation sites excluding steroid dienone is 1. The summed E-state index contributed by atoms with van der Waals surface area (Å²) in [6, 6.07) is 0. The van der Waals surface area contributed by atoms with Gasteiger partial charge < -0.3 is 18.9 Å². The maximum Gasteiger partial charge on any atom is 0.321 e. The fraction of sp³-hybridized carbons (Fsp3) is 0.900. The summed E-state index contributed by atoms with van der Waals surface area (Å²) in [6.07, 6.45) is 11.3. The zero-order valence-electron chi connectivity index (χ0n) is 16.5. The molecule has 0 aromatic heterocycles. The molecule has 0 saturated carbocycles. The van der Waals surface area contributed by atoms with Gasteiger partial charge in [-0.25, -0.2) is 0 Å². The van der Waals surface area contributed by atoms with Gasteiger partial charge in [0, 0.05) is 6.42 Å². The van der Waals surface area contributed by atoms with Crippen molar-refractivity contribution in [3.63, 3.8) is 0 Å². The van der Waals surface area contributed by atoms with Gasteiger partial charge in [0.2, 0.25) is 0 Å². The van der Waals surface area contributed by atoms with Crippen LogP contribution >= 0.6 is 0 Å². The van der Waals surface area contributed by atoms with Gasteiger partial charge >= 0.3 is 5.95 Å². The SMILES string of the molecule is CCCCCCCCOCOC(OCCC)=C(CCC)OCCC. The molecule has 4 heteroatoms. The number of rotatable bonds is 18. The van der Waals surface area contributed by atoms with Crippen LogP contribution in [0.25, 0.3) is 0 Å². The van der Waals surface area contributed by atoms with Crippen molar-refractivity contribution >= 4 is 0 Å². The van der Waals surface area contributed by atoms with Crippen molar-refractivity contribution < 1.29 is 18.9 Å².